The second-order valence-corrected chi connectivity index (χ2v) is 3.48. The van der Waals surface area contributed by atoms with Crippen molar-refractivity contribution in [2.75, 3.05) is 23.8 Å². The number of aromatic nitrogens is 2. The molecule has 0 aliphatic heterocycles. The Balaban J connectivity index is 2.76. The van der Waals surface area contributed by atoms with E-state index in [1.54, 1.807) is 13.8 Å². The molecule has 19 heavy (non-hydrogen) atoms. The largest absolute Gasteiger partial charge is 0.450 e. The zero-order valence-corrected chi connectivity index (χ0v) is 11.2. The summed E-state index contributed by atoms with van der Waals surface area (Å²) >= 11 is 5.74. The Labute approximate surface area is 114 Å². The van der Waals surface area contributed by atoms with Crippen LogP contribution in [0.15, 0.2) is 6.07 Å². The smallest absolute Gasteiger partial charge is 0.414 e. The van der Waals surface area contributed by atoms with Crippen LogP contribution in [0.2, 0.25) is 5.15 Å². The van der Waals surface area contributed by atoms with E-state index in [1.165, 1.54) is 6.07 Å². The Hall–Kier alpha value is -2.09. The molecule has 0 spiro atoms. The third-order valence-electron chi connectivity index (χ3n) is 1.69. The Morgan fingerprint density at radius 1 is 1.16 bits per heavy atom. The van der Waals surface area contributed by atoms with Crippen molar-refractivity contribution >= 4 is 35.6 Å². The van der Waals surface area contributed by atoms with E-state index in [1.807, 2.05) is 0 Å². The highest BCUT2D eigenvalue weighted by Crippen LogP contribution is 2.14. The van der Waals surface area contributed by atoms with Gasteiger partial charge >= 0.3 is 12.2 Å². The average Bonchev–Trinajstić information content (AvgIpc) is 2.28. The van der Waals surface area contributed by atoms with Gasteiger partial charge in [0.05, 0.1) is 13.2 Å². The van der Waals surface area contributed by atoms with Gasteiger partial charge in [0.15, 0.2) is 0 Å². The molecule has 0 saturated carbocycles. The summed E-state index contributed by atoms with van der Waals surface area (Å²) in [6.45, 7) is 3.76. The molecule has 0 saturated heterocycles. The number of carbonyl (C=O) groups excluding carboxylic acids is 2. The van der Waals surface area contributed by atoms with E-state index in [2.05, 4.69) is 30.1 Å². The van der Waals surface area contributed by atoms with Crippen LogP contribution in [0.4, 0.5) is 21.4 Å². The lowest BCUT2D eigenvalue weighted by Gasteiger charge is -2.07. The fraction of sp³-hybridized carbons (Fsp3) is 0.400. The molecule has 9 heteroatoms. The number of amides is 2. The zero-order chi connectivity index (χ0) is 14.3. The summed E-state index contributed by atoms with van der Waals surface area (Å²) < 4.78 is 9.34. The lowest BCUT2D eigenvalue weighted by atomic mass is 10.6. The molecule has 0 fully saturated rings. The maximum Gasteiger partial charge on any atom is 0.414 e. The van der Waals surface area contributed by atoms with Gasteiger partial charge in [-0.15, -0.1) is 0 Å². The lowest BCUT2D eigenvalue weighted by molar-refractivity contribution is 0.167. The highest BCUT2D eigenvalue weighted by molar-refractivity contribution is 6.29. The van der Waals surface area contributed by atoms with Crippen molar-refractivity contribution in [2.24, 2.45) is 0 Å². The van der Waals surface area contributed by atoms with Gasteiger partial charge in [-0.3, -0.25) is 10.6 Å². The second-order valence-electron chi connectivity index (χ2n) is 3.09. The lowest BCUT2D eigenvalue weighted by Crippen LogP contribution is -2.18. The summed E-state index contributed by atoms with van der Waals surface area (Å²) in [7, 11) is 0. The quantitative estimate of drug-likeness (QED) is 0.824. The molecule has 2 amide bonds. The molecule has 1 aromatic heterocycles. The molecule has 1 heterocycles. The van der Waals surface area contributed by atoms with Crippen LogP contribution in [0.25, 0.3) is 0 Å². The first-order valence-corrected chi connectivity index (χ1v) is 5.85. The van der Waals surface area contributed by atoms with Crippen LogP contribution in [0, 0.1) is 0 Å². The summed E-state index contributed by atoms with van der Waals surface area (Å²) in [5, 5.41) is 4.66. The Bertz CT molecular complexity index is 431. The number of hydrogen-bond donors (Lipinski definition) is 2. The summed E-state index contributed by atoms with van der Waals surface area (Å²) in [6, 6.07) is 1.31. The van der Waals surface area contributed by atoms with Gasteiger partial charge in [0.25, 0.3) is 0 Å². The third kappa shape index (κ3) is 5.38. The highest BCUT2D eigenvalue weighted by atomic mass is 35.5. The molecule has 2 N–H and O–H groups in total. The number of carbonyl (C=O) groups is 2. The molecule has 0 radical (unpaired) electrons. The topological polar surface area (TPSA) is 102 Å². The van der Waals surface area contributed by atoms with Crippen LogP contribution in [-0.4, -0.2) is 35.4 Å². The van der Waals surface area contributed by atoms with Crippen molar-refractivity contribution < 1.29 is 19.1 Å². The maximum atomic E-state index is 11.2. The number of nitrogens with zero attached hydrogens (tertiary/aromatic N) is 2. The first kappa shape index (κ1) is 15.0. The monoisotopic (exact) mass is 288 g/mol. The number of nitrogens with one attached hydrogen (secondary N) is 2. The van der Waals surface area contributed by atoms with Crippen LogP contribution in [0.5, 0.6) is 0 Å². The number of hydrogen-bond acceptors (Lipinski definition) is 6. The second kappa shape index (κ2) is 7.37. The average molecular weight is 289 g/mol. The minimum Gasteiger partial charge on any atom is -0.450 e. The molecule has 1 aromatic rings. The van der Waals surface area contributed by atoms with Crippen LogP contribution < -0.4 is 10.6 Å². The Morgan fingerprint density at radius 3 is 2.32 bits per heavy atom. The predicted octanol–water partition coefficient (Wildman–Crippen LogP) is 2.27. The predicted molar refractivity (Wildman–Crippen MR) is 68.3 cm³/mol. The van der Waals surface area contributed by atoms with E-state index in [4.69, 9.17) is 11.6 Å². The van der Waals surface area contributed by atoms with Gasteiger partial charge in [0.1, 0.15) is 11.0 Å². The SMILES string of the molecule is CCOC(=O)Nc1cc(Cl)nc(NC(=O)OCC)n1. The van der Waals surface area contributed by atoms with E-state index < -0.39 is 12.2 Å². The van der Waals surface area contributed by atoms with Crippen LogP contribution in [-0.2, 0) is 9.47 Å². The Kier molecular flexibility index (Phi) is 5.80. The zero-order valence-electron chi connectivity index (χ0n) is 10.4. The van der Waals surface area contributed by atoms with Gasteiger partial charge in [-0.2, -0.15) is 4.98 Å². The molecule has 0 unspecified atom stereocenters. The van der Waals surface area contributed by atoms with Gasteiger partial charge in [-0.05, 0) is 13.8 Å². The molecule has 0 bridgehead atoms. The summed E-state index contributed by atoms with van der Waals surface area (Å²) in [5.41, 5.74) is 0. The number of anilines is 2. The molecule has 104 valence electrons. The van der Waals surface area contributed by atoms with E-state index in [9.17, 15) is 9.59 Å². The molecular formula is C10H13ClN4O4. The minimum atomic E-state index is -0.716. The maximum absolute atomic E-state index is 11.2. The van der Waals surface area contributed by atoms with E-state index in [0.29, 0.717) is 0 Å². The van der Waals surface area contributed by atoms with Crippen molar-refractivity contribution in [3.63, 3.8) is 0 Å². The molecule has 0 atom stereocenters. The van der Waals surface area contributed by atoms with Crippen molar-refractivity contribution in [3.05, 3.63) is 11.2 Å². The van der Waals surface area contributed by atoms with E-state index in [0.717, 1.165) is 0 Å². The van der Waals surface area contributed by atoms with Crippen molar-refractivity contribution in [2.45, 2.75) is 13.8 Å². The molecule has 0 aliphatic carbocycles. The van der Waals surface area contributed by atoms with Gasteiger partial charge in [-0.25, -0.2) is 14.6 Å². The molecule has 0 aromatic carbocycles. The minimum absolute atomic E-state index is 0.0496. The van der Waals surface area contributed by atoms with Gasteiger partial charge in [0, 0.05) is 6.07 Å². The summed E-state index contributed by atoms with van der Waals surface area (Å²) in [6.07, 6.45) is -1.40. The Morgan fingerprint density at radius 2 is 1.74 bits per heavy atom. The fourth-order valence-electron chi connectivity index (χ4n) is 1.07. The van der Waals surface area contributed by atoms with E-state index in [-0.39, 0.29) is 30.1 Å². The van der Waals surface area contributed by atoms with Crippen LogP contribution in [0.1, 0.15) is 13.8 Å². The highest BCUT2D eigenvalue weighted by Gasteiger charge is 2.10. The number of ether oxygens (including phenoxy) is 2. The normalized spacial score (nSPS) is 9.63. The third-order valence-corrected chi connectivity index (χ3v) is 1.88. The van der Waals surface area contributed by atoms with E-state index >= 15 is 0 Å². The summed E-state index contributed by atoms with van der Waals surface area (Å²) in [5.74, 6) is 0.0167. The number of halogens is 1. The fourth-order valence-corrected chi connectivity index (χ4v) is 1.25. The van der Waals surface area contributed by atoms with Crippen molar-refractivity contribution in [1.82, 2.24) is 9.97 Å². The first-order valence-electron chi connectivity index (χ1n) is 5.47. The molecule has 8 nitrogen and oxygen atoms in total. The van der Waals surface area contributed by atoms with Crippen molar-refractivity contribution in [3.8, 4) is 0 Å². The van der Waals surface area contributed by atoms with Gasteiger partial charge in [0.2, 0.25) is 5.95 Å². The number of rotatable bonds is 4. The molecule has 1 rings (SSSR count). The molecular weight excluding hydrogens is 276 g/mol. The van der Waals surface area contributed by atoms with Gasteiger partial charge in [-0.1, -0.05) is 11.6 Å². The first-order chi connectivity index (χ1) is 9.05. The molecule has 0 aliphatic rings. The van der Waals surface area contributed by atoms with Crippen LogP contribution >= 0.6 is 11.6 Å². The van der Waals surface area contributed by atoms with Crippen molar-refractivity contribution in [1.29, 1.82) is 0 Å². The van der Waals surface area contributed by atoms with Crippen LogP contribution in [0.3, 0.4) is 0 Å². The summed E-state index contributed by atoms with van der Waals surface area (Å²) in [4.78, 5) is 30.0. The standard InChI is InChI=1S/C10H13ClN4O4/c1-3-18-9(16)14-7-5-6(11)12-8(13-7)15-10(17)19-4-2/h5H,3-4H2,1-2H3,(H2,12,13,14,15,16,17). The van der Waals surface area contributed by atoms with Gasteiger partial charge < -0.3 is 9.47 Å².